The van der Waals surface area contributed by atoms with Crippen LogP contribution in [0, 0.1) is 11.3 Å². The van der Waals surface area contributed by atoms with Gasteiger partial charge in [-0.1, -0.05) is 69.3 Å². The molecule has 1 aliphatic carbocycles. The standard InChI is InChI=1S/C28H36N2O5/c1-4-19(26(32)33)17-30-25(31)13-14-28(2,3)15-16-29-27(34)35-18-24-22-11-7-5-9-20(22)21-10-6-8-12-23(21)24/h5-12,19,24H,4,13-18H2,1-3H3,(H,29,34)(H,30,31)(H,32,33). The fourth-order valence-electron chi connectivity index (χ4n) is 4.46. The molecule has 35 heavy (non-hydrogen) atoms. The molecule has 0 radical (unpaired) electrons. The Hall–Kier alpha value is -3.35. The highest BCUT2D eigenvalue weighted by Crippen LogP contribution is 2.44. The molecule has 2 aromatic carbocycles. The molecule has 3 rings (SSSR count). The summed E-state index contributed by atoms with van der Waals surface area (Å²) in [5.74, 6) is -1.58. The first kappa shape index (κ1) is 26.3. The van der Waals surface area contributed by atoms with Gasteiger partial charge in [0, 0.05) is 25.4 Å². The largest absolute Gasteiger partial charge is 0.481 e. The molecule has 0 heterocycles. The lowest BCUT2D eigenvalue weighted by Crippen LogP contribution is -2.33. The maximum atomic E-state index is 12.4. The average Bonchev–Trinajstić information content (AvgIpc) is 3.15. The van der Waals surface area contributed by atoms with Crippen molar-refractivity contribution in [1.29, 1.82) is 0 Å². The first-order valence-electron chi connectivity index (χ1n) is 12.3. The van der Waals surface area contributed by atoms with Crippen LogP contribution >= 0.6 is 0 Å². The van der Waals surface area contributed by atoms with Crippen molar-refractivity contribution < 1.29 is 24.2 Å². The van der Waals surface area contributed by atoms with Crippen molar-refractivity contribution in [2.45, 2.75) is 52.4 Å². The minimum Gasteiger partial charge on any atom is -0.481 e. The van der Waals surface area contributed by atoms with Crippen LogP contribution in [0.4, 0.5) is 4.79 Å². The number of rotatable bonds is 12. The molecule has 7 nitrogen and oxygen atoms in total. The van der Waals surface area contributed by atoms with Gasteiger partial charge in [0.2, 0.25) is 5.91 Å². The molecule has 1 atom stereocenters. The van der Waals surface area contributed by atoms with Crippen molar-refractivity contribution in [2.75, 3.05) is 19.7 Å². The van der Waals surface area contributed by atoms with E-state index in [4.69, 9.17) is 9.84 Å². The van der Waals surface area contributed by atoms with E-state index in [0.29, 0.717) is 32.2 Å². The Morgan fingerprint density at radius 2 is 1.57 bits per heavy atom. The number of alkyl carbamates (subject to hydrolysis) is 1. The molecule has 2 amide bonds. The number of carbonyl (C=O) groups is 3. The van der Waals surface area contributed by atoms with E-state index in [2.05, 4.69) is 34.9 Å². The zero-order valence-electron chi connectivity index (χ0n) is 20.8. The van der Waals surface area contributed by atoms with Crippen molar-refractivity contribution in [1.82, 2.24) is 10.6 Å². The third-order valence-electron chi connectivity index (χ3n) is 6.83. The molecule has 0 saturated carbocycles. The van der Waals surface area contributed by atoms with Gasteiger partial charge in [-0.25, -0.2) is 4.79 Å². The van der Waals surface area contributed by atoms with Crippen molar-refractivity contribution in [3.63, 3.8) is 0 Å². The molecule has 7 heteroatoms. The third kappa shape index (κ3) is 7.07. The van der Waals surface area contributed by atoms with E-state index < -0.39 is 18.0 Å². The summed E-state index contributed by atoms with van der Waals surface area (Å²) < 4.78 is 5.57. The van der Waals surface area contributed by atoms with E-state index in [0.717, 1.165) is 0 Å². The topological polar surface area (TPSA) is 105 Å². The Bertz CT molecular complexity index is 1000. The average molecular weight is 481 g/mol. The molecule has 0 aliphatic heterocycles. The summed E-state index contributed by atoms with van der Waals surface area (Å²) in [5, 5.41) is 14.6. The number of benzene rings is 2. The van der Waals surface area contributed by atoms with Crippen molar-refractivity contribution >= 4 is 18.0 Å². The highest BCUT2D eigenvalue weighted by molar-refractivity contribution is 5.79. The van der Waals surface area contributed by atoms with Crippen LogP contribution in [0.2, 0.25) is 0 Å². The Kier molecular flexibility index (Phi) is 8.90. The van der Waals surface area contributed by atoms with Gasteiger partial charge >= 0.3 is 12.1 Å². The number of hydrogen-bond donors (Lipinski definition) is 3. The van der Waals surface area contributed by atoms with Crippen LogP contribution in [0.3, 0.4) is 0 Å². The van der Waals surface area contributed by atoms with Gasteiger partial charge in [0.1, 0.15) is 6.61 Å². The third-order valence-corrected chi connectivity index (χ3v) is 6.83. The van der Waals surface area contributed by atoms with E-state index in [1.807, 2.05) is 38.1 Å². The molecular weight excluding hydrogens is 444 g/mol. The summed E-state index contributed by atoms with van der Waals surface area (Å²) in [6.07, 6.45) is 1.67. The highest BCUT2D eigenvalue weighted by Gasteiger charge is 2.29. The van der Waals surface area contributed by atoms with E-state index in [1.165, 1.54) is 22.3 Å². The fourth-order valence-corrected chi connectivity index (χ4v) is 4.46. The summed E-state index contributed by atoms with van der Waals surface area (Å²) in [7, 11) is 0. The van der Waals surface area contributed by atoms with Crippen LogP contribution in [-0.2, 0) is 14.3 Å². The van der Waals surface area contributed by atoms with Crippen LogP contribution in [0.15, 0.2) is 48.5 Å². The Balaban J connectivity index is 1.39. The molecule has 3 N–H and O–H groups in total. The lowest BCUT2D eigenvalue weighted by atomic mass is 9.84. The van der Waals surface area contributed by atoms with Crippen molar-refractivity contribution in [3.05, 3.63) is 59.7 Å². The van der Waals surface area contributed by atoms with Gasteiger partial charge in [-0.3, -0.25) is 9.59 Å². The summed E-state index contributed by atoms with van der Waals surface area (Å²) >= 11 is 0. The number of ether oxygens (including phenoxy) is 1. The number of carboxylic acids is 1. The Morgan fingerprint density at radius 3 is 2.14 bits per heavy atom. The van der Waals surface area contributed by atoms with Crippen molar-refractivity contribution in [3.8, 4) is 11.1 Å². The number of nitrogens with one attached hydrogen (secondary N) is 2. The molecule has 188 valence electrons. The molecule has 0 saturated heterocycles. The Labute approximate surface area is 207 Å². The predicted octanol–water partition coefficient (Wildman–Crippen LogP) is 4.95. The second-order valence-corrected chi connectivity index (χ2v) is 9.91. The van der Waals surface area contributed by atoms with Crippen LogP contribution in [0.5, 0.6) is 0 Å². The summed E-state index contributed by atoms with van der Waals surface area (Å²) in [4.78, 5) is 35.5. The second-order valence-electron chi connectivity index (χ2n) is 9.91. The lowest BCUT2D eigenvalue weighted by Gasteiger charge is -2.24. The first-order valence-corrected chi connectivity index (χ1v) is 12.3. The smallest absolute Gasteiger partial charge is 0.407 e. The van der Waals surface area contributed by atoms with Crippen LogP contribution in [0.1, 0.15) is 63.5 Å². The Morgan fingerprint density at radius 1 is 0.971 bits per heavy atom. The maximum absolute atomic E-state index is 12.4. The maximum Gasteiger partial charge on any atom is 0.407 e. The molecule has 1 unspecified atom stereocenters. The number of hydrogen-bond acceptors (Lipinski definition) is 4. The monoisotopic (exact) mass is 480 g/mol. The van der Waals surface area contributed by atoms with E-state index in [1.54, 1.807) is 6.92 Å². The van der Waals surface area contributed by atoms with E-state index >= 15 is 0 Å². The summed E-state index contributed by atoms with van der Waals surface area (Å²) in [6.45, 7) is 6.75. The van der Waals surface area contributed by atoms with Crippen molar-refractivity contribution in [2.24, 2.45) is 11.3 Å². The van der Waals surface area contributed by atoms with Gasteiger partial charge in [-0.15, -0.1) is 0 Å². The molecule has 0 aromatic heterocycles. The second kappa shape index (κ2) is 11.9. The van der Waals surface area contributed by atoms with Crippen LogP contribution < -0.4 is 10.6 Å². The fraction of sp³-hybridized carbons (Fsp3) is 0.464. The molecule has 0 spiro atoms. The predicted molar refractivity (Wildman–Crippen MR) is 135 cm³/mol. The minimum atomic E-state index is -0.896. The normalized spacial score (nSPS) is 13.5. The van der Waals surface area contributed by atoms with E-state index in [9.17, 15) is 14.4 Å². The first-order chi connectivity index (χ1) is 16.7. The number of carboxylic acid groups (broad SMARTS) is 1. The zero-order valence-corrected chi connectivity index (χ0v) is 20.8. The summed E-state index contributed by atoms with van der Waals surface area (Å²) in [6, 6.07) is 16.4. The van der Waals surface area contributed by atoms with Gasteiger partial charge in [-0.05, 0) is 46.9 Å². The molecule has 0 fully saturated rings. The SMILES string of the molecule is CCC(CNC(=O)CCC(C)(C)CCNC(=O)OCC1c2ccccc2-c2ccccc21)C(=O)O. The summed E-state index contributed by atoms with van der Waals surface area (Å²) in [5.41, 5.74) is 4.57. The van der Waals surface area contributed by atoms with E-state index in [-0.39, 0.29) is 30.4 Å². The van der Waals surface area contributed by atoms with Gasteiger partial charge in [0.25, 0.3) is 0 Å². The molecule has 2 aromatic rings. The minimum absolute atomic E-state index is 0.0246. The quantitative estimate of drug-likeness (QED) is 0.399. The molecule has 0 bridgehead atoms. The van der Waals surface area contributed by atoms with Gasteiger partial charge in [-0.2, -0.15) is 0 Å². The number of carbonyl (C=O) groups excluding carboxylic acids is 2. The zero-order chi connectivity index (χ0) is 25.4. The number of amides is 2. The number of aliphatic carboxylic acids is 1. The lowest BCUT2D eigenvalue weighted by molar-refractivity contribution is -0.141. The van der Waals surface area contributed by atoms with Gasteiger partial charge in [0.05, 0.1) is 5.92 Å². The van der Waals surface area contributed by atoms with Gasteiger partial charge < -0.3 is 20.5 Å². The number of fused-ring (bicyclic) bond motifs is 3. The molecule has 1 aliphatic rings. The van der Waals surface area contributed by atoms with Gasteiger partial charge in [0.15, 0.2) is 0 Å². The molecular formula is C28H36N2O5. The van der Waals surface area contributed by atoms with Crippen LogP contribution in [-0.4, -0.2) is 42.8 Å². The van der Waals surface area contributed by atoms with Crippen LogP contribution in [0.25, 0.3) is 11.1 Å². The highest BCUT2D eigenvalue weighted by atomic mass is 16.5.